The summed E-state index contributed by atoms with van der Waals surface area (Å²) in [6.45, 7) is 0. The third kappa shape index (κ3) is 1.41. The SMILES string of the molecule is [CH2]NC1CC(O)C(O)C1. The zero-order valence-electron chi connectivity index (χ0n) is 5.25. The van der Waals surface area contributed by atoms with Crippen LogP contribution in [-0.2, 0) is 0 Å². The quantitative estimate of drug-likeness (QED) is 0.438. The van der Waals surface area contributed by atoms with Crippen molar-refractivity contribution in [2.75, 3.05) is 0 Å². The fraction of sp³-hybridized carbons (Fsp3) is 0.833. The molecule has 3 nitrogen and oxygen atoms in total. The molecule has 1 aliphatic rings. The highest BCUT2D eigenvalue weighted by Gasteiger charge is 2.29. The molecule has 1 rings (SSSR count). The smallest absolute Gasteiger partial charge is 0.0814 e. The summed E-state index contributed by atoms with van der Waals surface area (Å²) in [4.78, 5) is 0. The van der Waals surface area contributed by atoms with Gasteiger partial charge in [-0.15, -0.1) is 0 Å². The van der Waals surface area contributed by atoms with Crippen LogP contribution in [0.1, 0.15) is 12.8 Å². The molecule has 2 unspecified atom stereocenters. The molecule has 0 heterocycles. The van der Waals surface area contributed by atoms with Gasteiger partial charge in [-0.2, -0.15) is 0 Å². The van der Waals surface area contributed by atoms with E-state index in [0.29, 0.717) is 12.8 Å². The molecular weight excluding hydrogens is 118 g/mol. The standard InChI is InChI=1S/C6H12NO2/c1-7-4-2-5(8)6(9)3-4/h4-9H,1-3H2. The van der Waals surface area contributed by atoms with Crippen LogP contribution in [-0.4, -0.2) is 28.5 Å². The first-order valence-electron chi connectivity index (χ1n) is 3.12. The van der Waals surface area contributed by atoms with Crippen LogP contribution in [0.5, 0.6) is 0 Å². The summed E-state index contributed by atoms with van der Waals surface area (Å²) in [5.74, 6) is 0. The van der Waals surface area contributed by atoms with Gasteiger partial charge in [-0.05, 0) is 12.8 Å². The van der Waals surface area contributed by atoms with E-state index in [1.807, 2.05) is 0 Å². The van der Waals surface area contributed by atoms with Gasteiger partial charge in [0.05, 0.1) is 12.2 Å². The lowest BCUT2D eigenvalue weighted by Crippen LogP contribution is -2.19. The van der Waals surface area contributed by atoms with Gasteiger partial charge in [-0.25, -0.2) is 0 Å². The second-order valence-corrected chi connectivity index (χ2v) is 2.51. The van der Waals surface area contributed by atoms with Gasteiger partial charge < -0.3 is 15.5 Å². The molecule has 1 saturated carbocycles. The first-order chi connectivity index (χ1) is 4.24. The Morgan fingerprint density at radius 1 is 1.22 bits per heavy atom. The Bertz CT molecular complexity index is 87.1. The largest absolute Gasteiger partial charge is 0.390 e. The molecule has 2 atom stereocenters. The normalized spacial score (nSPS) is 43.7. The van der Waals surface area contributed by atoms with Crippen LogP contribution >= 0.6 is 0 Å². The summed E-state index contributed by atoms with van der Waals surface area (Å²) >= 11 is 0. The summed E-state index contributed by atoms with van der Waals surface area (Å²) in [6, 6.07) is 0.190. The minimum absolute atomic E-state index is 0.190. The van der Waals surface area contributed by atoms with Crippen molar-refractivity contribution in [1.82, 2.24) is 5.32 Å². The average molecular weight is 130 g/mol. The van der Waals surface area contributed by atoms with E-state index in [1.54, 1.807) is 0 Å². The van der Waals surface area contributed by atoms with E-state index < -0.39 is 12.2 Å². The fourth-order valence-corrected chi connectivity index (χ4v) is 1.16. The molecule has 0 bridgehead atoms. The summed E-state index contributed by atoms with van der Waals surface area (Å²) in [6.07, 6.45) is 0.128. The average Bonchev–Trinajstić information content (AvgIpc) is 2.13. The van der Waals surface area contributed by atoms with E-state index in [0.717, 1.165) is 0 Å². The lowest BCUT2D eigenvalue weighted by molar-refractivity contribution is 0.0438. The Balaban J connectivity index is 2.35. The van der Waals surface area contributed by atoms with Crippen LogP contribution in [0.3, 0.4) is 0 Å². The van der Waals surface area contributed by atoms with Crippen LogP contribution in [0.4, 0.5) is 0 Å². The Morgan fingerprint density at radius 3 is 1.89 bits per heavy atom. The molecule has 0 aromatic heterocycles. The Labute approximate surface area is 54.7 Å². The fourth-order valence-electron chi connectivity index (χ4n) is 1.16. The van der Waals surface area contributed by atoms with Crippen LogP contribution < -0.4 is 5.32 Å². The number of rotatable bonds is 1. The summed E-state index contributed by atoms with van der Waals surface area (Å²) in [5.41, 5.74) is 0. The first kappa shape index (κ1) is 6.99. The highest BCUT2D eigenvalue weighted by atomic mass is 16.3. The molecule has 3 N–H and O–H groups in total. The van der Waals surface area contributed by atoms with Gasteiger partial charge in [0, 0.05) is 13.1 Å². The molecule has 53 valence electrons. The van der Waals surface area contributed by atoms with Crippen LogP contribution in [0, 0.1) is 7.05 Å². The number of aliphatic hydroxyl groups excluding tert-OH is 2. The monoisotopic (exact) mass is 130 g/mol. The molecule has 0 aromatic rings. The molecule has 1 radical (unpaired) electrons. The van der Waals surface area contributed by atoms with E-state index in [2.05, 4.69) is 12.4 Å². The highest BCUT2D eigenvalue weighted by molar-refractivity contribution is 4.86. The molecule has 0 saturated heterocycles. The van der Waals surface area contributed by atoms with Crippen molar-refractivity contribution in [2.45, 2.75) is 31.1 Å². The minimum Gasteiger partial charge on any atom is -0.390 e. The zero-order valence-corrected chi connectivity index (χ0v) is 5.25. The predicted molar refractivity (Wildman–Crippen MR) is 33.5 cm³/mol. The van der Waals surface area contributed by atoms with E-state index in [1.165, 1.54) is 0 Å². The number of hydrogen-bond acceptors (Lipinski definition) is 3. The first-order valence-corrected chi connectivity index (χ1v) is 3.12. The second kappa shape index (κ2) is 2.64. The van der Waals surface area contributed by atoms with Crippen molar-refractivity contribution in [1.29, 1.82) is 0 Å². The van der Waals surface area contributed by atoms with Crippen LogP contribution in [0.15, 0.2) is 0 Å². The van der Waals surface area contributed by atoms with Gasteiger partial charge in [0.1, 0.15) is 0 Å². The van der Waals surface area contributed by atoms with Crippen molar-refractivity contribution in [2.24, 2.45) is 0 Å². The van der Waals surface area contributed by atoms with Crippen LogP contribution in [0.2, 0.25) is 0 Å². The maximum Gasteiger partial charge on any atom is 0.0814 e. The Kier molecular flexibility index (Phi) is 2.05. The Hall–Kier alpha value is -0.120. The third-order valence-corrected chi connectivity index (χ3v) is 1.78. The third-order valence-electron chi connectivity index (χ3n) is 1.78. The molecule has 1 fully saturated rings. The van der Waals surface area contributed by atoms with E-state index >= 15 is 0 Å². The van der Waals surface area contributed by atoms with Gasteiger partial charge in [0.2, 0.25) is 0 Å². The van der Waals surface area contributed by atoms with Crippen molar-refractivity contribution >= 4 is 0 Å². The maximum absolute atomic E-state index is 8.98. The molecule has 1 aliphatic carbocycles. The Morgan fingerprint density at radius 2 is 1.67 bits per heavy atom. The summed E-state index contributed by atoms with van der Waals surface area (Å²) in [7, 11) is 3.46. The van der Waals surface area contributed by atoms with E-state index in [9.17, 15) is 0 Å². The molecule has 0 aliphatic heterocycles. The number of hydrogen-bond donors (Lipinski definition) is 3. The summed E-state index contributed by atoms with van der Waals surface area (Å²) in [5, 5.41) is 20.7. The molecule has 9 heavy (non-hydrogen) atoms. The number of aliphatic hydroxyl groups is 2. The van der Waals surface area contributed by atoms with Gasteiger partial charge in [0.15, 0.2) is 0 Å². The molecule has 3 heteroatoms. The van der Waals surface area contributed by atoms with E-state index in [4.69, 9.17) is 10.2 Å². The van der Waals surface area contributed by atoms with Crippen molar-refractivity contribution in [3.8, 4) is 0 Å². The van der Waals surface area contributed by atoms with Gasteiger partial charge in [-0.3, -0.25) is 0 Å². The zero-order chi connectivity index (χ0) is 6.85. The van der Waals surface area contributed by atoms with E-state index in [-0.39, 0.29) is 6.04 Å². The molecular formula is C6H12NO2. The highest BCUT2D eigenvalue weighted by Crippen LogP contribution is 2.18. The van der Waals surface area contributed by atoms with Gasteiger partial charge in [0.25, 0.3) is 0 Å². The van der Waals surface area contributed by atoms with Crippen molar-refractivity contribution < 1.29 is 10.2 Å². The topological polar surface area (TPSA) is 52.5 Å². The number of nitrogens with one attached hydrogen (secondary N) is 1. The lowest BCUT2D eigenvalue weighted by atomic mass is 10.2. The molecule has 0 aromatic carbocycles. The maximum atomic E-state index is 8.98. The van der Waals surface area contributed by atoms with Crippen molar-refractivity contribution in [3.05, 3.63) is 7.05 Å². The lowest BCUT2D eigenvalue weighted by Gasteiger charge is -2.03. The van der Waals surface area contributed by atoms with Gasteiger partial charge in [-0.1, -0.05) is 0 Å². The molecule has 0 spiro atoms. The van der Waals surface area contributed by atoms with Gasteiger partial charge >= 0.3 is 0 Å². The molecule has 0 amide bonds. The van der Waals surface area contributed by atoms with Crippen LogP contribution in [0.25, 0.3) is 0 Å². The summed E-state index contributed by atoms with van der Waals surface area (Å²) < 4.78 is 0. The second-order valence-electron chi connectivity index (χ2n) is 2.51. The predicted octanol–water partition coefficient (Wildman–Crippen LogP) is -0.748. The van der Waals surface area contributed by atoms with Crippen molar-refractivity contribution in [3.63, 3.8) is 0 Å². The minimum atomic E-state index is -0.552.